The highest BCUT2D eigenvalue weighted by Gasteiger charge is 2.13. The van der Waals surface area contributed by atoms with Gasteiger partial charge >= 0.3 is 0 Å². The van der Waals surface area contributed by atoms with E-state index in [2.05, 4.69) is 10.2 Å². The second-order valence-corrected chi connectivity index (χ2v) is 5.09. The lowest BCUT2D eigenvalue weighted by Gasteiger charge is -2.26. The average Bonchev–Trinajstić information content (AvgIpc) is 2.48. The maximum absolute atomic E-state index is 11.8. The smallest absolute Gasteiger partial charge is 0.254 e. The Morgan fingerprint density at radius 1 is 1.35 bits per heavy atom. The second-order valence-electron chi connectivity index (χ2n) is 5.09. The van der Waals surface area contributed by atoms with E-state index in [9.17, 15) is 4.79 Å². The average molecular weight is 277 g/mol. The number of rotatable bonds is 5. The van der Waals surface area contributed by atoms with Gasteiger partial charge in [-0.15, -0.1) is 0 Å². The molecule has 1 aliphatic heterocycles. The van der Waals surface area contributed by atoms with Gasteiger partial charge in [0.05, 0.1) is 5.56 Å². The van der Waals surface area contributed by atoms with Gasteiger partial charge in [0.1, 0.15) is 12.4 Å². The van der Waals surface area contributed by atoms with Crippen LogP contribution < -0.4 is 15.8 Å². The van der Waals surface area contributed by atoms with E-state index in [0.29, 0.717) is 23.6 Å². The highest BCUT2D eigenvalue weighted by Crippen LogP contribution is 2.22. The molecule has 0 saturated carbocycles. The summed E-state index contributed by atoms with van der Waals surface area (Å²) in [5, 5.41) is 2.61. The van der Waals surface area contributed by atoms with Crippen molar-refractivity contribution >= 4 is 11.6 Å². The van der Waals surface area contributed by atoms with E-state index in [1.165, 1.54) is 19.3 Å². The Bertz CT molecular complexity index is 456. The van der Waals surface area contributed by atoms with Crippen LogP contribution in [0.1, 0.15) is 29.6 Å². The summed E-state index contributed by atoms with van der Waals surface area (Å²) in [5.74, 6) is 0.402. The van der Waals surface area contributed by atoms with Crippen molar-refractivity contribution in [1.29, 1.82) is 0 Å². The molecule has 1 saturated heterocycles. The van der Waals surface area contributed by atoms with Crippen LogP contribution in [0.5, 0.6) is 5.75 Å². The Hall–Kier alpha value is -1.75. The van der Waals surface area contributed by atoms with Crippen LogP contribution in [0, 0.1) is 0 Å². The van der Waals surface area contributed by atoms with E-state index in [1.807, 2.05) is 0 Å². The predicted octanol–water partition coefficient (Wildman–Crippen LogP) is 1.49. The SMILES string of the molecule is CNC(=O)c1ccc(N)cc1OCCN1CCCCC1. The van der Waals surface area contributed by atoms with Gasteiger partial charge in [-0.05, 0) is 38.1 Å². The van der Waals surface area contributed by atoms with Crippen LogP contribution >= 0.6 is 0 Å². The van der Waals surface area contributed by atoms with Crippen molar-refractivity contribution < 1.29 is 9.53 Å². The lowest BCUT2D eigenvalue weighted by atomic mass is 10.1. The molecule has 5 nitrogen and oxygen atoms in total. The summed E-state index contributed by atoms with van der Waals surface area (Å²) in [5.41, 5.74) is 6.89. The first kappa shape index (κ1) is 14.7. The number of anilines is 1. The van der Waals surface area contributed by atoms with E-state index in [-0.39, 0.29) is 5.91 Å². The maximum atomic E-state index is 11.8. The molecule has 1 aromatic carbocycles. The fourth-order valence-electron chi connectivity index (χ4n) is 2.45. The molecule has 0 atom stereocenters. The quantitative estimate of drug-likeness (QED) is 0.800. The van der Waals surface area contributed by atoms with Crippen LogP contribution in [-0.2, 0) is 0 Å². The minimum atomic E-state index is -0.155. The maximum Gasteiger partial charge on any atom is 0.254 e. The molecule has 20 heavy (non-hydrogen) atoms. The van der Waals surface area contributed by atoms with Gasteiger partial charge in [0, 0.05) is 25.3 Å². The summed E-state index contributed by atoms with van der Waals surface area (Å²) in [6.07, 6.45) is 3.86. The molecular weight excluding hydrogens is 254 g/mol. The summed E-state index contributed by atoms with van der Waals surface area (Å²) in [6, 6.07) is 5.12. The van der Waals surface area contributed by atoms with Crippen LogP contribution in [0.25, 0.3) is 0 Å². The molecule has 3 N–H and O–H groups in total. The van der Waals surface area contributed by atoms with Crippen LogP contribution in [0.3, 0.4) is 0 Å². The van der Waals surface area contributed by atoms with Crippen molar-refractivity contribution in [2.75, 3.05) is 39.0 Å². The van der Waals surface area contributed by atoms with Crippen molar-refractivity contribution in [3.8, 4) is 5.75 Å². The number of nitrogens with one attached hydrogen (secondary N) is 1. The zero-order chi connectivity index (χ0) is 14.4. The number of piperidine rings is 1. The number of hydrogen-bond acceptors (Lipinski definition) is 4. The predicted molar refractivity (Wildman–Crippen MR) is 80.0 cm³/mol. The summed E-state index contributed by atoms with van der Waals surface area (Å²) < 4.78 is 5.76. The largest absolute Gasteiger partial charge is 0.491 e. The molecule has 110 valence electrons. The van der Waals surface area contributed by atoms with Crippen LogP contribution in [0.4, 0.5) is 5.69 Å². The zero-order valence-corrected chi connectivity index (χ0v) is 12.0. The summed E-state index contributed by atoms with van der Waals surface area (Å²) in [4.78, 5) is 14.2. The van der Waals surface area contributed by atoms with Gasteiger partial charge in [-0.25, -0.2) is 0 Å². The topological polar surface area (TPSA) is 67.6 Å². The molecule has 1 fully saturated rings. The number of likely N-dealkylation sites (tertiary alicyclic amines) is 1. The fraction of sp³-hybridized carbons (Fsp3) is 0.533. The summed E-state index contributed by atoms with van der Waals surface area (Å²) >= 11 is 0. The monoisotopic (exact) mass is 277 g/mol. The van der Waals surface area contributed by atoms with Gasteiger partial charge in [-0.2, -0.15) is 0 Å². The minimum Gasteiger partial charge on any atom is -0.491 e. The number of carbonyl (C=O) groups is 1. The number of nitrogen functional groups attached to an aromatic ring is 1. The summed E-state index contributed by atoms with van der Waals surface area (Å²) in [6.45, 7) is 3.75. The molecule has 1 amide bonds. The van der Waals surface area contributed by atoms with Crippen molar-refractivity contribution in [3.63, 3.8) is 0 Å². The van der Waals surface area contributed by atoms with Crippen LogP contribution in [0.15, 0.2) is 18.2 Å². The number of nitrogens with two attached hydrogens (primary N) is 1. The third-order valence-electron chi connectivity index (χ3n) is 3.59. The lowest BCUT2D eigenvalue weighted by molar-refractivity contribution is 0.0958. The molecule has 0 radical (unpaired) electrons. The standard InChI is InChI=1S/C15H23N3O2/c1-17-15(19)13-6-5-12(16)11-14(13)20-10-9-18-7-3-2-4-8-18/h5-6,11H,2-4,7-10,16H2,1H3,(H,17,19). The third-order valence-corrected chi connectivity index (χ3v) is 3.59. The number of nitrogens with zero attached hydrogens (tertiary/aromatic N) is 1. The molecular formula is C15H23N3O2. The molecule has 0 aliphatic carbocycles. The van der Waals surface area contributed by atoms with Gasteiger partial charge in [-0.1, -0.05) is 6.42 Å². The van der Waals surface area contributed by atoms with Gasteiger partial charge < -0.3 is 15.8 Å². The van der Waals surface area contributed by atoms with Gasteiger partial charge in [0.15, 0.2) is 0 Å². The number of hydrogen-bond donors (Lipinski definition) is 2. The Balaban J connectivity index is 1.93. The fourth-order valence-corrected chi connectivity index (χ4v) is 2.45. The highest BCUT2D eigenvalue weighted by atomic mass is 16.5. The molecule has 1 heterocycles. The first-order valence-electron chi connectivity index (χ1n) is 7.17. The third kappa shape index (κ3) is 3.87. The Labute approximate surface area is 120 Å². The first-order valence-corrected chi connectivity index (χ1v) is 7.17. The second kappa shape index (κ2) is 7.14. The number of ether oxygens (including phenoxy) is 1. The van der Waals surface area contributed by atoms with Crippen LogP contribution in [0.2, 0.25) is 0 Å². The zero-order valence-electron chi connectivity index (χ0n) is 12.0. The minimum absolute atomic E-state index is 0.155. The normalized spacial score (nSPS) is 15.8. The molecule has 5 heteroatoms. The first-order chi connectivity index (χ1) is 9.70. The number of carbonyl (C=O) groups excluding carboxylic acids is 1. The molecule has 0 unspecified atom stereocenters. The Morgan fingerprint density at radius 2 is 2.10 bits per heavy atom. The van der Waals surface area contributed by atoms with E-state index >= 15 is 0 Å². The van der Waals surface area contributed by atoms with Gasteiger partial charge in [0.2, 0.25) is 0 Å². The number of amides is 1. The Kier molecular flexibility index (Phi) is 5.24. The van der Waals surface area contributed by atoms with E-state index in [1.54, 1.807) is 25.2 Å². The summed E-state index contributed by atoms with van der Waals surface area (Å²) in [7, 11) is 1.61. The molecule has 0 aromatic heterocycles. The van der Waals surface area contributed by atoms with Crippen molar-refractivity contribution in [2.24, 2.45) is 0 Å². The van der Waals surface area contributed by atoms with Crippen molar-refractivity contribution in [3.05, 3.63) is 23.8 Å². The number of benzene rings is 1. The molecule has 0 spiro atoms. The van der Waals surface area contributed by atoms with Gasteiger partial charge in [0.25, 0.3) is 5.91 Å². The molecule has 1 aliphatic rings. The molecule has 2 rings (SSSR count). The van der Waals surface area contributed by atoms with Crippen LogP contribution in [-0.4, -0.2) is 44.1 Å². The van der Waals surface area contributed by atoms with E-state index < -0.39 is 0 Å². The van der Waals surface area contributed by atoms with Gasteiger partial charge in [-0.3, -0.25) is 9.69 Å². The highest BCUT2D eigenvalue weighted by molar-refractivity contribution is 5.97. The Morgan fingerprint density at radius 3 is 2.80 bits per heavy atom. The van der Waals surface area contributed by atoms with E-state index in [4.69, 9.17) is 10.5 Å². The van der Waals surface area contributed by atoms with Crippen molar-refractivity contribution in [1.82, 2.24) is 10.2 Å². The molecule has 0 bridgehead atoms. The van der Waals surface area contributed by atoms with Crippen molar-refractivity contribution in [2.45, 2.75) is 19.3 Å². The van der Waals surface area contributed by atoms with E-state index in [0.717, 1.165) is 19.6 Å². The molecule has 1 aromatic rings. The lowest BCUT2D eigenvalue weighted by Crippen LogP contribution is -2.33.